The molecule has 30 heavy (non-hydrogen) atoms. The van der Waals surface area contributed by atoms with Gasteiger partial charge in [-0.25, -0.2) is 0 Å². The van der Waals surface area contributed by atoms with Crippen LogP contribution in [-0.2, 0) is 20.7 Å². The molecule has 1 aromatic heterocycles. The van der Waals surface area contributed by atoms with Crippen LogP contribution in [0.1, 0.15) is 31.2 Å². The lowest BCUT2D eigenvalue weighted by molar-refractivity contribution is -0.138. The molecule has 156 valence electrons. The summed E-state index contributed by atoms with van der Waals surface area (Å²) in [6, 6.07) is 8.50. The van der Waals surface area contributed by atoms with Crippen molar-refractivity contribution >= 4 is 22.7 Å². The quantitative estimate of drug-likeness (QED) is 0.751. The minimum atomic E-state index is -0.594. The van der Waals surface area contributed by atoms with E-state index < -0.39 is 11.5 Å². The molecular formula is C24H27N3O3. The van der Waals surface area contributed by atoms with Crippen molar-refractivity contribution in [2.24, 2.45) is 11.8 Å². The summed E-state index contributed by atoms with van der Waals surface area (Å²) in [6.07, 6.45) is 11.0. The number of rotatable bonds is 5. The van der Waals surface area contributed by atoms with E-state index in [1.807, 2.05) is 35.4 Å². The lowest BCUT2D eigenvalue weighted by Gasteiger charge is -2.27. The van der Waals surface area contributed by atoms with E-state index in [9.17, 15) is 9.59 Å². The van der Waals surface area contributed by atoms with Crippen LogP contribution in [0, 0.1) is 11.8 Å². The molecule has 2 saturated heterocycles. The first-order valence-corrected chi connectivity index (χ1v) is 11.2. The monoisotopic (exact) mass is 405 g/mol. The Morgan fingerprint density at radius 2 is 2.10 bits per heavy atom. The number of fused-ring (bicyclic) bond motifs is 2. The van der Waals surface area contributed by atoms with Crippen molar-refractivity contribution < 1.29 is 14.3 Å². The molecule has 6 heteroatoms. The number of aromatic amines is 1. The Morgan fingerprint density at radius 3 is 2.97 bits per heavy atom. The van der Waals surface area contributed by atoms with Crippen molar-refractivity contribution in [1.82, 2.24) is 15.2 Å². The molecule has 1 aliphatic carbocycles. The predicted molar refractivity (Wildman–Crippen MR) is 113 cm³/mol. The summed E-state index contributed by atoms with van der Waals surface area (Å²) in [4.78, 5) is 31.7. The minimum Gasteiger partial charge on any atom is -0.361 e. The topological polar surface area (TPSA) is 74.4 Å². The highest BCUT2D eigenvalue weighted by molar-refractivity contribution is 5.93. The highest BCUT2D eigenvalue weighted by Gasteiger charge is 2.67. The number of ether oxygens (including phenoxy) is 1. The Kier molecular flexibility index (Phi) is 4.07. The molecule has 6 rings (SSSR count). The second kappa shape index (κ2) is 6.71. The molecule has 0 radical (unpaired) electrons. The smallest absolute Gasteiger partial charge is 0.230 e. The van der Waals surface area contributed by atoms with E-state index in [-0.39, 0.29) is 23.8 Å². The van der Waals surface area contributed by atoms with Gasteiger partial charge in [0.1, 0.15) is 5.60 Å². The van der Waals surface area contributed by atoms with Gasteiger partial charge in [0.2, 0.25) is 11.8 Å². The number of carbonyl (C=O) groups is 2. The third kappa shape index (κ3) is 2.59. The van der Waals surface area contributed by atoms with Gasteiger partial charge in [0, 0.05) is 29.7 Å². The SMILES string of the molecule is O=C(NCCc1c[nH]c2ccccc12)C1C2C(=O)N(C3CCCC3)C[C@@]23C=C[C@@H]1O3. The van der Waals surface area contributed by atoms with Crippen molar-refractivity contribution in [3.8, 4) is 0 Å². The zero-order chi connectivity index (χ0) is 20.3. The van der Waals surface area contributed by atoms with Gasteiger partial charge in [0.15, 0.2) is 0 Å². The Hall–Kier alpha value is -2.60. The first kappa shape index (κ1) is 18.2. The normalized spacial score (nSPS) is 32.5. The molecule has 4 atom stereocenters. The average molecular weight is 405 g/mol. The number of hydrogen-bond donors (Lipinski definition) is 2. The Bertz CT molecular complexity index is 1040. The van der Waals surface area contributed by atoms with Crippen LogP contribution in [0.4, 0.5) is 0 Å². The van der Waals surface area contributed by atoms with E-state index >= 15 is 0 Å². The summed E-state index contributed by atoms with van der Waals surface area (Å²) < 4.78 is 6.25. The van der Waals surface area contributed by atoms with Crippen LogP contribution in [0.5, 0.6) is 0 Å². The fourth-order valence-electron chi connectivity index (χ4n) is 6.13. The molecule has 2 N–H and O–H groups in total. The fraction of sp³-hybridized carbons (Fsp3) is 0.500. The van der Waals surface area contributed by atoms with Crippen molar-refractivity contribution in [3.05, 3.63) is 48.2 Å². The van der Waals surface area contributed by atoms with Gasteiger partial charge < -0.3 is 19.9 Å². The van der Waals surface area contributed by atoms with Gasteiger partial charge in [-0.15, -0.1) is 0 Å². The highest BCUT2D eigenvalue weighted by Crippen LogP contribution is 2.53. The van der Waals surface area contributed by atoms with Crippen LogP contribution in [-0.4, -0.2) is 52.5 Å². The molecule has 6 nitrogen and oxygen atoms in total. The third-order valence-electron chi connectivity index (χ3n) is 7.57. The van der Waals surface area contributed by atoms with Crippen LogP contribution in [0.3, 0.4) is 0 Å². The van der Waals surface area contributed by atoms with Gasteiger partial charge >= 0.3 is 0 Å². The zero-order valence-corrected chi connectivity index (χ0v) is 17.0. The van der Waals surface area contributed by atoms with Gasteiger partial charge in [-0.05, 0) is 30.9 Å². The fourth-order valence-corrected chi connectivity index (χ4v) is 6.13. The molecule has 4 heterocycles. The number of aromatic nitrogens is 1. The van der Waals surface area contributed by atoms with E-state index in [1.165, 1.54) is 23.8 Å². The Labute approximate surface area is 175 Å². The number of likely N-dealkylation sites (tertiary alicyclic amines) is 1. The van der Waals surface area contributed by atoms with Crippen molar-refractivity contribution in [1.29, 1.82) is 0 Å². The van der Waals surface area contributed by atoms with Crippen molar-refractivity contribution in [2.45, 2.75) is 49.9 Å². The third-order valence-corrected chi connectivity index (χ3v) is 7.57. The molecule has 2 unspecified atom stereocenters. The molecule has 1 aromatic carbocycles. The Balaban J connectivity index is 1.15. The van der Waals surface area contributed by atoms with E-state index in [1.54, 1.807) is 0 Å². The van der Waals surface area contributed by atoms with E-state index in [0.717, 1.165) is 24.8 Å². The summed E-state index contributed by atoms with van der Waals surface area (Å²) in [6.45, 7) is 1.15. The average Bonchev–Trinajstić information content (AvgIpc) is 3.56. The second-order valence-corrected chi connectivity index (χ2v) is 9.20. The summed E-state index contributed by atoms with van der Waals surface area (Å²) in [5.74, 6) is -0.735. The summed E-state index contributed by atoms with van der Waals surface area (Å²) in [5.41, 5.74) is 1.70. The van der Waals surface area contributed by atoms with Gasteiger partial charge in [-0.3, -0.25) is 9.59 Å². The van der Waals surface area contributed by atoms with Crippen LogP contribution >= 0.6 is 0 Å². The number of carbonyl (C=O) groups excluding carboxylic acids is 2. The lowest BCUT2D eigenvalue weighted by Crippen LogP contribution is -2.45. The van der Waals surface area contributed by atoms with E-state index in [4.69, 9.17) is 4.74 Å². The van der Waals surface area contributed by atoms with Gasteiger partial charge in [-0.2, -0.15) is 0 Å². The van der Waals surface area contributed by atoms with Crippen LogP contribution in [0.15, 0.2) is 42.6 Å². The summed E-state index contributed by atoms with van der Waals surface area (Å²) in [5, 5.41) is 4.28. The van der Waals surface area contributed by atoms with Crippen LogP contribution in [0.25, 0.3) is 10.9 Å². The van der Waals surface area contributed by atoms with Crippen molar-refractivity contribution in [3.63, 3.8) is 0 Å². The Morgan fingerprint density at radius 1 is 1.27 bits per heavy atom. The standard InChI is InChI=1S/C24H27N3O3/c28-22(25-12-10-15-13-26-18-8-4-3-7-17(15)18)20-19-9-11-24(30-19)14-27(23(29)21(20)24)16-5-1-2-6-16/h3-4,7-9,11,13,16,19-21,26H,1-2,5-6,10,12,14H2,(H,25,28)/t19-,20?,21?,24-/m0/s1. The number of H-pyrrole nitrogens is 1. The number of para-hydroxylation sites is 1. The van der Waals surface area contributed by atoms with Crippen molar-refractivity contribution in [2.75, 3.05) is 13.1 Å². The highest BCUT2D eigenvalue weighted by atomic mass is 16.5. The summed E-state index contributed by atoms with van der Waals surface area (Å²) in [7, 11) is 0. The molecule has 2 bridgehead atoms. The van der Waals surface area contributed by atoms with Gasteiger partial charge in [0.05, 0.1) is 24.5 Å². The van der Waals surface area contributed by atoms with Crippen LogP contribution < -0.4 is 5.32 Å². The first-order valence-electron chi connectivity index (χ1n) is 11.2. The predicted octanol–water partition coefficient (Wildman–Crippen LogP) is 2.55. The second-order valence-electron chi connectivity index (χ2n) is 9.20. The van der Waals surface area contributed by atoms with Crippen LogP contribution in [0.2, 0.25) is 0 Å². The molecular weight excluding hydrogens is 378 g/mol. The van der Waals surface area contributed by atoms with E-state index in [2.05, 4.69) is 22.4 Å². The molecule has 2 amide bonds. The first-order chi connectivity index (χ1) is 14.7. The zero-order valence-electron chi connectivity index (χ0n) is 17.0. The van der Waals surface area contributed by atoms with Gasteiger partial charge in [0.25, 0.3) is 0 Å². The largest absolute Gasteiger partial charge is 0.361 e. The number of hydrogen-bond acceptors (Lipinski definition) is 3. The summed E-state index contributed by atoms with van der Waals surface area (Å²) >= 11 is 0. The lowest BCUT2D eigenvalue weighted by atomic mass is 9.77. The maximum Gasteiger partial charge on any atom is 0.230 e. The molecule has 3 fully saturated rings. The van der Waals surface area contributed by atoms with E-state index in [0.29, 0.717) is 19.1 Å². The number of nitrogens with one attached hydrogen (secondary N) is 2. The van der Waals surface area contributed by atoms with Gasteiger partial charge in [-0.1, -0.05) is 43.2 Å². The molecule has 4 aliphatic rings. The number of nitrogens with zero attached hydrogens (tertiary/aromatic N) is 1. The maximum atomic E-state index is 13.3. The number of amides is 2. The number of benzene rings is 1. The molecule has 1 spiro atoms. The molecule has 3 aliphatic heterocycles. The molecule has 1 saturated carbocycles. The maximum absolute atomic E-state index is 13.3. The minimum absolute atomic E-state index is 0.0577. The molecule has 2 aromatic rings.